The molecule has 4 rings (SSSR count). The number of carbonyl (C=O) groups is 1. The highest BCUT2D eigenvalue weighted by molar-refractivity contribution is 7.71. The average Bonchev–Trinajstić information content (AvgIpc) is 2.89. The summed E-state index contributed by atoms with van der Waals surface area (Å²) in [5.41, 5.74) is 2.90. The third-order valence-corrected chi connectivity index (χ3v) is 7.57. The van der Waals surface area contributed by atoms with Crippen LogP contribution in [0.3, 0.4) is 0 Å². The third-order valence-electron chi connectivity index (χ3n) is 7.06. The predicted octanol–water partition coefficient (Wildman–Crippen LogP) is 3.52. The van der Waals surface area contributed by atoms with Crippen LogP contribution in [0, 0.1) is 5.92 Å². The number of nitrogens with zero attached hydrogens (tertiary/aromatic N) is 1. The summed E-state index contributed by atoms with van der Waals surface area (Å²) < 4.78 is 56.6. The van der Waals surface area contributed by atoms with Crippen molar-refractivity contribution in [1.82, 2.24) is 10.2 Å². The van der Waals surface area contributed by atoms with Crippen LogP contribution in [0.15, 0.2) is 48.5 Å². The first-order valence-electron chi connectivity index (χ1n) is 13.0. The molecule has 39 heavy (non-hydrogen) atoms. The van der Waals surface area contributed by atoms with Crippen LogP contribution < -0.4 is 5.32 Å². The van der Waals surface area contributed by atoms with Gasteiger partial charge in [-0.2, -0.15) is 21.6 Å². The summed E-state index contributed by atoms with van der Waals surface area (Å²) in [7, 11) is -2.65. The second-order valence-electron chi connectivity index (χ2n) is 10.1. The summed E-state index contributed by atoms with van der Waals surface area (Å²) >= 11 is 0. The van der Waals surface area contributed by atoms with E-state index >= 15 is 0 Å². The fourth-order valence-electron chi connectivity index (χ4n) is 4.82. The Balaban J connectivity index is 0.000000353. The lowest BCUT2D eigenvalue weighted by Gasteiger charge is -2.31. The fraction of sp³-hybridized carbons (Fsp3) is 0.500. The van der Waals surface area contributed by atoms with Crippen molar-refractivity contribution in [2.75, 3.05) is 13.1 Å². The summed E-state index contributed by atoms with van der Waals surface area (Å²) in [6, 6.07) is 12.5. The zero-order chi connectivity index (χ0) is 28.6. The molecule has 1 heterocycles. The number of amides is 1. The molecule has 1 amide bonds. The maximum Gasteiger partial charge on any atom is 0.416 e. The zero-order valence-electron chi connectivity index (χ0n) is 21.8. The number of rotatable bonds is 6. The molecule has 2 aromatic rings. The van der Waals surface area contributed by atoms with E-state index in [0.717, 1.165) is 62.5 Å². The second kappa shape index (κ2) is 14.1. The number of piperidine rings is 1. The summed E-state index contributed by atoms with van der Waals surface area (Å²) in [5.74, 6) is 0.0304. The standard InChI is InChI=1S/C21H30N2O5S.C7H5F3/c1-14-7-9-23(10-8-14)12-15-5-6-17-16(11-15)3-2-4-18(17)22-21(26)20(25)19(24)13-29(27)28;8-7(9,10)6-4-2-1-3-5-6/h5-6,11,13-14,18-20,24-25H,2-4,7-10,12H2,1H3,(H,22,26);1-5H/t18-,19-,20-;/m1./s1. The summed E-state index contributed by atoms with van der Waals surface area (Å²) in [5, 5.41) is 22.8. The number of benzene rings is 2. The molecule has 1 fully saturated rings. The molecule has 0 radical (unpaired) electrons. The van der Waals surface area contributed by atoms with Gasteiger partial charge in [0.15, 0.2) is 6.10 Å². The lowest BCUT2D eigenvalue weighted by Crippen LogP contribution is -2.44. The Labute approximate surface area is 228 Å². The maximum atomic E-state index is 12.3. The molecular weight excluding hydrogens is 533 g/mol. The van der Waals surface area contributed by atoms with E-state index in [2.05, 4.69) is 29.3 Å². The number of halogens is 3. The van der Waals surface area contributed by atoms with Gasteiger partial charge in [-0.25, -0.2) is 0 Å². The van der Waals surface area contributed by atoms with Crippen LogP contribution in [-0.2, 0) is 34.2 Å². The Morgan fingerprint density at radius 1 is 1.10 bits per heavy atom. The molecule has 0 aromatic heterocycles. The van der Waals surface area contributed by atoms with Crippen LogP contribution in [0.1, 0.15) is 60.9 Å². The molecule has 1 aliphatic heterocycles. The van der Waals surface area contributed by atoms with Crippen molar-refractivity contribution >= 4 is 21.6 Å². The molecule has 2 aliphatic rings. The second-order valence-corrected chi connectivity index (χ2v) is 10.9. The van der Waals surface area contributed by atoms with E-state index in [1.807, 2.05) is 6.07 Å². The van der Waals surface area contributed by atoms with E-state index in [4.69, 9.17) is 0 Å². The van der Waals surface area contributed by atoms with Crippen molar-refractivity contribution in [1.29, 1.82) is 0 Å². The molecule has 0 bridgehead atoms. The Morgan fingerprint density at radius 3 is 2.36 bits per heavy atom. The van der Waals surface area contributed by atoms with E-state index in [9.17, 15) is 36.6 Å². The van der Waals surface area contributed by atoms with Crippen LogP contribution in [0.2, 0.25) is 0 Å². The van der Waals surface area contributed by atoms with E-state index in [-0.39, 0.29) is 6.04 Å². The molecule has 2 aromatic carbocycles. The highest BCUT2D eigenvalue weighted by Crippen LogP contribution is 2.31. The van der Waals surface area contributed by atoms with Crippen molar-refractivity contribution in [3.63, 3.8) is 0 Å². The van der Waals surface area contributed by atoms with E-state index in [1.165, 1.54) is 36.1 Å². The molecule has 0 spiro atoms. The Bertz CT molecular complexity index is 1220. The first kappa shape index (κ1) is 30.8. The Kier molecular flexibility index (Phi) is 11.1. The zero-order valence-corrected chi connectivity index (χ0v) is 22.6. The minimum absolute atomic E-state index is 0.254. The molecule has 11 heteroatoms. The van der Waals surface area contributed by atoms with E-state index < -0.39 is 40.1 Å². The molecule has 1 aliphatic carbocycles. The number of hydrogen-bond acceptors (Lipinski definition) is 6. The lowest BCUT2D eigenvalue weighted by atomic mass is 9.86. The smallest absolute Gasteiger partial charge is 0.385 e. The van der Waals surface area contributed by atoms with Crippen molar-refractivity contribution in [3.8, 4) is 0 Å². The van der Waals surface area contributed by atoms with Gasteiger partial charge in [-0.15, -0.1) is 0 Å². The van der Waals surface area contributed by atoms with Crippen LogP contribution in [-0.4, -0.2) is 60.1 Å². The van der Waals surface area contributed by atoms with Gasteiger partial charge in [0.1, 0.15) is 6.10 Å². The molecular formula is C28H35F3N2O5S. The Morgan fingerprint density at radius 2 is 1.77 bits per heavy atom. The third kappa shape index (κ3) is 9.45. The number of hydrogen-bond donors (Lipinski definition) is 3. The highest BCUT2D eigenvalue weighted by Gasteiger charge is 2.30. The minimum Gasteiger partial charge on any atom is -0.385 e. The number of likely N-dealkylation sites (tertiary alicyclic amines) is 1. The maximum absolute atomic E-state index is 12.3. The lowest BCUT2D eigenvalue weighted by molar-refractivity contribution is -0.137. The van der Waals surface area contributed by atoms with Gasteiger partial charge < -0.3 is 15.5 Å². The molecule has 1 saturated heterocycles. The van der Waals surface area contributed by atoms with Gasteiger partial charge >= 0.3 is 6.18 Å². The molecule has 3 atom stereocenters. The monoisotopic (exact) mass is 568 g/mol. The Hall–Kier alpha value is -2.73. The number of aliphatic hydroxyl groups excluding tert-OH is 2. The average molecular weight is 569 g/mol. The van der Waals surface area contributed by atoms with Gasteiger partial charge in [0.25, 0.3) is 5.91 Å². The van der Waals surface area contributed by atoms with Crippen LogP contribution in [0.4, 0.5) is 13.2 Å². The van der Waals surface area contributed by atoms with Crippen molar-refractivity contribution in [3.05, 3.63) is 70.8 Å². The number of nitrogens with one attached hydrogen (secondary N) is 1. The van der Waals surface area contributed by atoms with E-state index in [1.54, 1.807) is 6.07 Å². The summed E-state index contributed by atoms with van der Waals surface area (Å²) in [6.45, 7) is 5.49. The molecule has 0 saturated carbocycles. The van der Waals surface area contributed by atoms with Crippen molar-refractivity contribution < 1.29 is 36.6 Å². The first-order valence-corrected chi connectivity index (χ1v) is 14.1. The fourth-order valence-corrected chi connectivity index (χ4v) is 5.20. The van der Waals surface area contributed by atoms with Gasteiger partial charge in [-0.05, 0) is 67.8 Å². The van der Waals surface area contributed by atoms with Gasteiger partial charge in [-0.1, -0.05) is 55.5 Å². The van der Waals surface area contributed by atoms with Gasteiger partial charge in [0.05, 0.1) is 17.0 Å². The van der Waals surface area contributed by atoms with Crippen molar-refractivity contribution in [2.45, 2.75) is 70.0 Å². The molecule has 0 unspecified atom stereocenters. The normalized spacial score (nSPS) is 19.6. The largest absolute Gasteiger partial charge is 0.416 e. The summed E-state index contributed by atoms with van der Waals surface area (Å²) in [6.07, 6.45) is -2.71. The topological polar surface area (TPSA) is 107 Å². The summed E-state index contributed by atoms with van der Waals surface area (Å²) in [4.78, 5) is 14.7. The number of fused-ring (bicyclic) bond motifs is 1. The number of carbonyl (C=O) groups excluding carboxylic acids is 1. The van der Waals surface area contributed by atoms with Gasteiger partial charge in [0, 0.05) is 6.54 Å². The number of alkyl halides is 3. The van der Waals surface area contributed by atoms with Gasteiger partial charge in [-0.3, -0.25) is 9.69 Å². The van der Waals surface area contributed by atoms with Crippen LogP contribution in [0.5, 0.6) is 0 Å². The predicted molar refractivity (Wildman–Crippen MR) is 142 cm³/mol. The highest BCUT2D eigenvalue weighted by atomic mass is 32.2. The van der Waals surface area contributed by atoms with Gasteiger partial charge in [0.2, 0.25) is 10.3 Å². The SMILES string of the molecule is CC1CCN(Cc2ccc3c(c2)CCC[C@H]3NC(=O)[C@H](O)[C@H](O)C=S(=O)=O)CC1.FC(F)(F)c1ccccc1. The van der Waals surface area contributed by atoms with Crippen molar-refractivity contribution in [2.24, 2.45) is 5.92 Å². The van der Waals surface area contributed by atoms with E-state index in [0.29, 0.717) is 5.37 Å². The molecule has 214 valence electrons. The number of aliphatic hydroxyl groups is 2. The van der Waals surface area contributed by atoms with Crippen LogP contribution in [0.25, 0.3) is 0 Å². The quantitative estimate of drug-likeness (QED) is 0.461. The molecule has 7 nitrogen and oxygen atoms in total. The minimum atomic E-state index is -4.21. The molecule has 3 N–H and O–H groups in total. The number of aryl methyl sites for hydroxylation is 1. The van der Waals surface area contributed by atoms with Crippen LogP contribution >= 0.6 is 0 Å². The first-order chi connectivity index (χ1) is 18.4.